The van der Waals surface area contributed by atoms with Crippen molar-refractivity contribution in [1.82, 2.24) is 10.2 Å². The Balaban J connectivity index is 2.58. The Bertz CT molecular complexity index is 188. The van der Waals surface area contributed by atoms with Crippen molar-refractivity contribution in [1.29, 1.82) is 0 Å². The molecule has 102 valence electrons. The molecule has 2 heteroatoms. The summed E-state index contributed by atoms with van der Waals surface area (Å²) in [7, 11) is 2.32. The fraction of sp³-hybridized carbons (Fsp3) is 1.00. The SMILES string of the molecule is CCCC1(CN(C)C(CC)CC)CCCNC1. The van der Waals surface area contributed by atoms with Gasteiger partial charge in [-0.2, -0.15) is 0 Å². The third kappa shape index (κ3) is 4.26. The smallest absolute Gasteiger partial charge is 0.00872 e. The zero-order valence-corrected chi connectivity index (χ0v) is 12.4. The predicted octanol–water partition coefficient (Wildman–Crippen LogP) is 3.28. The van der Waals surface area contributed by atoms with Crippen molar-refractivity contribution >= 4 is 0 Å². The minimum absolute atomic E-state index is 0.546. The highest BCUT2D eigenvalue weighted by Crippen LogP contribution is 2.33. The summed E-state index contributed by atoms with van der Waals surface area (Å²) in [5, 5.41) is 3.61. The molecular formula is C15H32N2. The lowest BCUT2D eigenvalue weighted by Gasteiger charge is -2.42. The van der Waals surface area contributed by atoms with Crippen LogP contribution < -0.4 is 5.32 Å². The van der Waals surface area contributed by atoms with Gasteiger partial charge in [-0.15, -0.1) is 0 Å². The molecular weight excluding hydrogens is 208 g/mol. The van der Waals surface area contributed by atoms with Crippen LogP contribution in [0.2, 0.25) is 0 Å². The molecule has 1 unspecified atom stereocenters. The van der Waals surface area contributed by atoms with Gasteiger partial charge in [0.15, 0.2) is 0 Å². The summed E-state index contributed by atoms with van der Waals surface area (Å²) in [6, 6.07) is 0.769. The fourth-order valence-electron chi connectivity index (χ4n) is 3.56. The average Bonchev–Trinajstić information content (AvgIpc) is 2.31. The fourth-order valence-corrected chi connectivity index (χ4v) is 3.56. The normalized spacial score (nSPS) is 25.8. The van der Waals surface area contributed by atoms with Crippen LogP contribution in [0.3, 0.4) is 0 Å². The molecule has 1 N–H and O–H groups in total. The first-order chi connectivity index (χ1) is 8.17. The van der Waals surface area contributed by atoms with Crippen LogP contribution in [0.1, 0.15) is 59.3 Å². The van der Waals surface area contributed by atoms with Gasteiger partial charge in [0.2, 0.25) is 0 Å². The molecule has 0 saturated carbocycles. The van der Waals surface area contributed by atoms with Gasteiger partial charge in [-0.3, -0.25) is 0 Å². The van der Waals surface area contributed by atoms with Gasteiger partial charge in [0.1, 0.15) is 0 Å². The lowest BCUT2D eigenvalue weighted by molar-refractivity contribution is 0.0930. The summed E-state index contributed by atoms with van der Waals surface area (Å²) in [6.45, 7) is 10.7. The van der Waals surface area contributed by atoms with Crippen LogP contribution in [0.4, 0.5) is 0 Å². The van der Waals surface area contributed by atoms with E-state index in [0.717, 1.165) is 6.04 Å². The van der Waals surface area contributed by atoms with Crippen molar-refractivity contribution in [3.05, 3.63) is 0 Å². The molecule has 1 saturated heterocycles. The summed E-state index contributed by atoms with van der Waals surface area (Å²) < 4.78 is 0. The molecule has 1 rings (SSSR count). The first-order valence-corrected chi connectivity index (χ1v) is 7.58. The molecule has 0 aromatic heterocycles. The van der Waals surface area contributed by atoms with Gasteiger partial charge >= 0.3 is 0 Å². The standard InChI is InChI=1S/C15H32N2/c1-5-9-15(10-8-11-16-12-15)13-17(4)14(6-2)7-3/h14,16H,5-13H2,1-4H3. The van der Waals surface area contributed by atoms with Crippen molar-refractivity contribution in [2.45, 2.75) is 65.3 Å². The maximum Gasteiger partial charge on any atom is 0.00872 e. The van der Waals surface area contributed by atoms with Crippen LogP contribution >= 0.6 is 0 Å². The van der Waals surface area contributed by atoms with Gasteiger partial charge in [0.25, 0.3) is 0 Å². The molecule has 0 aliphatic carbocycles. The first kappa shape index (κ1) is 15.0. The van der Waals surface area contributed by atoms with Crippen molar-refractivity contribution in [2.24, 2.45) is 5.41 Å². The Hall–Kier alpha value is -0.0800. The van der Waals surface area contributed by atoms with E-state index in [2.05, 4.69) is 38.0 Å². The predicted molar refractivity (Wildman–Crippen MR) is 76.4 cm³/mol. The largest absolute Gasteiger partial charge is 0.316 e. The monoisotopic (exact) mass is 240 g/mol. The highest BCUT2D eigenvalue weighted by atomic mass is 15.1. The van der Waals surface area contributed by atoms with Gasteiger partial charge in [-0.05, 0) is 51.1 Å². The third-order valence-electron chi connectivity index (χ3n) is 4.49. The van der Waals surface area contributed by atoms with Gasteiger partial charge in [0.05, 0.1) is 0 Å². The topological polar surface area (TPSA) is 15.3 Å². The van der Waals surface area contributed by atoms with Gasteiger partial charge < -0.3 is 10.2 Å². The number of hydrogen-bond donors (Lipinski definition) is 1. The molecule has 1 aliphatic rings. The van der Waals surface area contributed by atoms with Crippen molar-refractivity contribution < 1.29 is 0 Å². The zero-order chi connectivity index (χ0) is 12.7. The molecule has 1 fully saturated rings. The minimum Gasteiger partial charge on any atom is -0.316 e. The molecule has 1 aliphatic heterocycles. The second-order valence-electron chi connectivity index (χ2n) is 5.92. The van der Waals surface area contributed by atoms with Crippen LogP contribution in [0, 0.1) is 5.41 Å². The molecule has 0 bridgehead atoms. The van der Waals surface area contributed by atoms with Gasteiger partial charge in [-0.1, -0.05) is 27.2 Å². The summed E-state index contributed by atoms with van der Waals surface area (Å²) in [5.41, 5.74) is 0.546. The van der Waals surface area contributed by atoms with Crippen LogP contribution in [-0.2, 0) is 0 Å². The van der Waals surface area contributed by atoms with E-state index in [0.29, 0.717) is 5.41 Å². The molecule has 0 spiro atoms. The third-order valence-corrected chi connectivity index (χ3v) is 4.49. The van der Waals surface area contributed by atoms with E-state index in [9.17, 15) is 0 Å². The maximum atomic E-state index is 3.61. The lowest BCUT2D eigenvalue weighted by Crippen LogP contribution is -2.48. The highest BCUT2D eigenvalue weighted by Gasteiger charge is 2.33. The van der Waals surface area contributed by atoms with E-state index in [1.165, 1.54) is 58.2 Å². The Morgan fingerprint density at radius 3 is 2.41 bits per heavy atom. The van der Waals surface area contributed by atoms with Crippen LogP contribution in [0.5, 0.6) is 0 Å². The number of nitrogens with zero attached hydrogens (tertiary/aromatic N) is 1. The van der Waals surface area contributed by atoms with E-state index >= 15 is 0 Å². The molecule has 0 aromatic rings. The first-order valence-electron chi connectivity index (χ1n) is 7.58. The number of hydrogen-bond acceptors (Lipinski definition) is 2. The van der Waals surface area contributed by atoms with Crippen molar-refractivity contribution in [2.75, 3.05) is 26.7 Å². The molecule has 1 heterocycles. The van der Waals surface area contributed by atoms with E-state index in [4.69, 9.17) is 0 Å². The van der Waals surface area contributed by atoms with Gasteiger partial charge in [0, 0.05) is 19.1 Å². The summed E-state index contributed by atoms with van der Waals surface area (Å²) in [4.78, 5) is 2.61. The van der Waals surface area contributed by atoms with Crippen LogP contribution in [-0.4, -0.2) is 37.6 Å². The Morgan fingerprint density at radius 1 is 1.24 bits per heavy atom. The highest BCUT2D eigenvalue weighted by molar-refractivity contribution is 4.88. The number of piperidine rings is 1. The summed E-state index contributed by atoms with van der Waals surface area (Å²) >= 11 is 0. The van der Waals surface area contributed by atoms with E-state index in [1.807, 2.05) is 0 Å². The van der Waals surface area contributed by atoms with Crippen molar-refractivity contribution in [3.63, 3.8) is 0 Å². The summed E-state index contributed by atoms with van der Waals surface area (Å²) in [6.07, 6.45) is 8.03. The summed E-state index contributed by atoms with van der Waals surface area (Å²) in [5.74, 6) is 0. The minimum atomic E-state index is 0.546. The molecule has 0 aromatic carbocycles. The lowest BCUT2D eigenvalue weighted by atomic mass is 9.76. The Morgan fingerprint density at radius 2 is 1.94 bits per heavy atom. The van der Waals surface area contributed by atoms with Crippen LogP contribution in [0.15, 0.2) is 0 Å². The molecule has 0 amide bonds. The maximum absolute atomic E-state index is 3.61. The quantitative estimate of drug-likeness (QED) is 0.735. The van der Waals surface area contributed by atoms with Gasteiger partial charge in [-0.25, -0.2) is 0 Å². The Labute approximate surface area is 108 Å². The number of nitrogens with one attached hydrogen (secondary N) is 1. The Kier molecular flexibility index (Phi) is 6.50. The zero-order valence-electron chi connectivity index (χ0n) is 12.4. The van der Waals surface area contributed by atoms with Crippen molar-refractivity contribution in [3.8, 4) is 0 Å². The molecule has 2 nitrogen and oxygen atoms in total. The molecule has 0 radical (unpaired) electrons. The van der Waals surface area contributed by atoms with E-state index in [1.54, 1.807) is 0 Å². The second-order valence-corrected chi connectivity index (χ2v) is 5.92. The molecule has 1 atom stereocenters. The number of rotatable bonds is 7. The molecule has 17 heavy (non-hydrogen) atoms. The van der Waals surface area contributed by atoms with E-state index in [-0.39, 0.29) is 0 Å². The average molecular weight is 240 g/mol. The van der Waals surface area contributed by atoms with E-state index < -0.39 is 0 Å². The second kappa shape index (κ2) is 7.38. The van der Waals surface area contributed by atoms with Crippen LogP contribution in [0.25, 0.3) is 0 Å².